The summed E-state index contributed by atoms with van der Waals surface area (Å²) in [6.07, 6.45) is 4.66. The number of benzene rings is 1. The predicted octanol–water partition coefficient (Wildman–Crippen LogP) is 1.98. The average Bonchev–Trinajstić information content (AvgIpc) is 3.39. The van der Waals surface area contributed by atoms with Crippen molar-refractivity contribution in [2.75, 3.05) is 5.32 Å². The van der Waals surface area contributed by atoms with E-state index < -0.39 is 0 Å². The van der Waals surface area contributed by atoms with E-state index in [2.05, 4.69) is 15.7 Å². The summed E-state index contributed by atoms with van der Waals surface area (Å²) in [5.74, 6) is 1.48. The van der Waals surface area contributed by atoms with Crippen molar-refractivity contribution in [1.82, 2.24) is 19.7 Å². The van der Waals surface area contributed by atoms with Crippen molar-refractivity contribution in [2.24, 2.45) is 5.92 Å². The summed E-state index contributed by atoms with van der Waals surface area (Å²) in [4.78, 5) is 24.6. The van der Waals surface area contributed by atoms with Crippen molar-refractivity contribution in [1.29, 1.82) is 0 Å². The third kappa shape index (κ3) is 3.75. The largest absolute Gasteiger partial charge is 0.345 e. The smallest absolute Gasteiger partial charge is 0.335 e. The number of urea groups is 1. The van der Waals surface area contributed by atoms with Gasteiger partial charge < -0.3 is 10.6 Å². The molecule has 2 heterocycles. The highest BCUT2D eigenvalue weighted by molar-refractivity contribution is 5.89. The summed E-state index contributed by atoms with van der Waals surface area (Å²) in [6, 6.07) is 9.21. The van der Waals surface area contributed by atoms with E-state index in [4.69, 9.17) is 0 Å². The number of hydrogen-bond donors (Lipinski definition) is 2. The second-order valence-corrected chi connectivity index (χ2v) is 6.96. The molecule has 7 heteroatoms. The summed E-state index contributed by atoms with van der Waals surface area (Å²) in [6.45, 7) is 1.36. The fourth-order valence-electron chi connectivity index (χ4n) is 3.31. The van der Waals surface area contributed by atoms with Gasteiger partial charge in [-0.3, -0.25) is 4.57 Å². The zero-order chi connectivity index (χ0) is 17.2. The van der Waals surface area contributed by atoms with Gasteiger partial charge in [0.2, 0.25) is 0 Å². The van der Waals surface area contributed by atoms with E-state index >= 15 is 0 Å². The first-order valence-corrected chi connectivity index (χ1v) is 8.98. The summed E-state index contributed by atoms with van der Waals surface area (Å²) >= 11 is 0. The first kappa shape index (κ1) is 15.9. The molecule has 0 spiro atoms. The maximum absolute atomic E-state index is 12.5. The third-order valence-electron chi connectivity index (χ3n) is 4.91. The van der Waals surface area contributed by atoms with Gasteiger partial charge in [-0.2, -0.15) is 5.10 Å². The lowest BCUT2D eigenvalue weighted by Crippen LogP contribution is -2.38. The van der Waals surface area contributed by atoms with Crippen LogP contribution >= 0.6 is 0 Å². The predicted molar refractivity (Wildman–Crippen MR) is 94.5 cm³/mol. The first-order valence-electron chi connectivity index (χ1n) is 8.98. The number of nitrogens with one attached hydrogen (secondary N) is 2. The topological polar surface area (TPSA) is 81.0 Å². The van der Waals surface area contributed by atoms with Crippen molar-refractivity contribution in [3.63, 3.8) is 0 Å². The molecule has 2 amide bonds. The molecular weight excluding hydrogens is 318 g/mol. The van der Waals surface area contributed by atoms with Gasteiger partial charge >= 0.3 is 11.7 Å². The second-order valence-electron chi connectivity index (χ2n) is 6.96. The van der Waals surface area contributed by atoms with Crippen molar-refractivity contribution >= 4 is 11.7 Å². The quantitative estimate of drug-likeness (QED) is 0.892. The van der Waals surface area contributed by atoms with Crippen LogP contribution in [0.1, 0.15) is 31.5 Å². The molecule has 1 aliphatic carbocycles. The molecule has 0 radical (unpaired) electrons. The standard InChI is InChI=1S/C18H23N5O2/c24-17(19-14-4-2-1-3-5-14)20-15-8-9-16-21-23(12-13-6-7-13)18(25)22(16)11-10-15/h1-5,13,15H,6-12H2,(H2,19,20,24). The Morgan fingerprint density at radius 2 is 1.96 bits per heavy atom. The zero-order valence-corrected chi connectivity index (χ0v) is 14.1. The number of rotatable bonds is 4. The SMILES string of the molecule is O=C(Nc1ccccc1)NC1CCc2nn(CC3CC3)c(=O)n2CC1. The summed E-state index contributed by atoms with van der Waals surface area (Å²) in [5.41, 5.74) is 0.765. The number of amides is 2. The molecule has 2 aliphatic rings. The van der Waals surface area contributed by atoms with Gasteiger partial charge in [0.15, 0.2) is 0 Å². The maximum Gasteiger partial charge on any atom is 0.345 e. The van der Waals surface area contributed by atoms with Gasteiger partial charge in [0, 0.05) is 31.2 Å². The van der Waals surface area contributed by atoms with Crippen LogP contribution in [0.2, 0.25) is 0 Å². The Morgan fingerprint density at radius 3 is 2.72 bits per heavy atom. The minimum absolute atomic E-state index is 0.00344. The molecule has 25 heavy (non-hydrogen) atoms. The molecule has 1 saturated carbocycles. The Bertz CT molecular complexity index is 807. The maximum atomic E-state index is 12.5. The fourth-order valence-corrected chi connectivity index (χ4v) is 3.31. The Morgan fingerprint density at radius 1 is 1.16 bits per heavy atom. The van der Waals surface area contributed by atoms with Gasteiger partial charge in [-0.15, -0.1) is 0 Å². The molecule has 0 bridgehead atoms. The number of aromatic nitrogens is 3. The van der Waals surface area contributed by atoms with E-state index in [0.717, 1.165) is 30.9 Å². The van der Waals surface area contributed by atoms with Crippen LogP contribution in [0, 0.1) is 5.92 Å². The van der Waals surface area contributed by atoms with Crippen LogP contribution in [0.25, 0.3) is 0 Å². The minimum atomic E-state index is -0.207. The number of hydrogen-bond acceptors (Lipinski definition) is 3. The average molecular weight is 341 g/mol. The molecular formula is C18H23N5O2. The van der Waals surface area contributed by atoms with Gasteiger partial charge in [-0.1, -0.05) is 18.2 Å². The van der Waals surface area contributed by atoms with E-state index in [1.807, 2.05) is 30.3 Å². The van der Waals surface area contributed by atoms with Crippen LogP contribution in [-0.2, 0) is 19.5 Å². The van der Waals surface area contributed by atoms with Gasteiger partial charge in [0.05, 0.1) is 0 Å². The van der Waals surface area contributed by atoms with Gasteiger partial charge in [-0.25, -0.2) is 14.3 Å². The fraction of sp³-hybridized carbons (Fsp3) is 0.500. The molecule has 132 valence electrons. The molecule has 7 nitrogen and oxygen atoms in total. The summed E-state index contributed by atoms with van der Waals surface area (Å²) < 4.78 is 3.40. The number of carbonyl (C=O) groups excluding carboxylic acids is 1. The number of para-hydroxylation sites is 1. The highest BCUT2D eigenvalue weighted by Crippen LogP contribution is 2.30. The van der Waals surface area contributed by atoms with Crippen LogP contribution in [0.4, 0.5) is 10.5 Å². The van der Waals surface area contributed by atoms with Gasteiger partial charge in [0.1, 0.15) is 5.82 Å². The lowest BCUT2D eigenvalue weighted by atomic mass is 10.1. The Balaban J connectivity index is 1.35. The molecule has 1 aliphatic heterocycles. The molecule has 4 rings (SSSR count). The Kier molecular flexibility index (Phi) is 4.29. The van der Waals surface area contributed by atoms with E-state index in [1.165, 1.54) is 12.8 Å². The highest BCUT2D eigenvalue weighted by Gasteiger charge is 2.26. The lowest BCUT2D eigenvalue weighted by Gasteiger charge is -2.16. The van der Waals surface area contributed by atoms with E-state index in [-0.39, 0.29) is 17.8 Å². The summed E-state index contributed by atoms with van der Waals surface area (Å²) in [7, 11) is 0. The molecule has 1 atom stereocenters. The van der Waals surface area contributed by atoms with Gasteiger partial charge in [0.25, 0.3) is 0 Å². The van der Waals surface area contributed by atoms with E-state index in [9.17, 15) is 9.59 Å². The lowest BCUT2D eigenvalue weighted by molar-refractivity contribution is 0.247. The van der Waals surface area contributed by atoms with Crippen molar-refractivity contribution in [3.05, 3.63) is 46.6 Å². The zero-order valence-electron chi connectivity index (χ0n) is 14.1. The van der Waals surface area contributed by atoms with Crippen LogP contribution in [0.3, 0.4) is 0 Å². The molecule has 1 aromatic carbocycles. The molecule has 2 aromatic rings. The van der Waals surface area contributed by atoms with Gasteiger partial charge in [-0.05, 0) is 43.7 Å². The molecule has 0 saturated heterocycles. The number of carbonyl (C=O) groups is 1. The number of aryl methyl sites for hydroxylation is 1. The number of anilines is 1. The van der Waals surface area contributed by atoms with Crippen LogP contribution in [0.15, 0.2) is 35.1 Å². The minimum Gasteiger partial charge on any atom is -0.335 e. The number of fused-ring (bicyclic) bond motifs is 1. The van der Waals surface area contributed by atoms with Crippen LogP contribution in [-0.4, -0.2) is 26.4 Å². The molecule has 1 aromatic heterocycles. The van der Waals surface area contributed by atoms with Crippen molar-refractivity contribution in [3.8, 4) is 0 Å². The molecule has 1 fully saturated rings. The molecule has 1 unspecified atom stereocenters. The van der Waals surface area contributed by atoms with E-state index in [0.29, 0.717) is 18.9 Å². The Hall–Kier alpha value is -2.57. The van der Waals surface area contributed by atoms with Crippen molar-refractivity contribution in [2.45, 2.75) is 51.2 Å². The first-order chi connectivity index (χ1) is 12.2. The monoisotopic (exact) mass is 341 g/mol. The number of nitrogens with zero attached hydrogens (tertiary/aromatic N) is 3. The molecule has 2 N–H and O–H groups in total. The third-order valence-corrected chi connectivity index (χ3v) is 4.91. The van der Waals surface area contributed by atoms with Crippen LogP contribution in [0.5, 0.6) is 0 Å². The van der Waals surface area contributed by atoms with Crippen molar-refractivity contribution < 1.29 is 4.79 Å². The normalized spacial score (nSPS) is 19.8. The van der Waals surface area contributed by atoms with E-state index in [1.54, 1.807) is 9.25 Å². The highest BCUT2D eigenvalue weighted by atomic mass is 16.2. The summed E-state index contributed by atoms with van der Waals surface area (Å²) in [5, 5.41) is 10.4. The Labute approximate surface area is 146 Å². The second kappa shape index (κ2) is 6.74. The van der Waals surface area contributed by atoms with Crippen LogP contribution < -0.4 is 16.3 Å².